The molecule has 0 radical (unpaired) electrons. The number of ether oxygens (including phenoxy) is 1. The third-order valence-electron chi connectivity index (χ3n) is 2.67. The molecule has 2 aromatic rings. The third kappa shape index (κ3) is 2.69. The van der Waals surface area contributed by atoms with E-state index in [1.807, 2.05) is 0 Å². The van der Waals surface area contributed by atoms with Crippen LogP contribution in [0.2, 0.25) is 5.02 Å². The molecular formula is C14H10ClFO3. The molecule has 0 bridgehead atoms. The van der Waals surface area contributed by atoms with Crippen LogP contribution in [-0.2, 0) is 0 Å². The van der Waals surface area contributed by atoms with Gasteiger partial charge >= 0.3 is 5.97 Å². The molecule has 1 N–H and O–H groups in total. The van der Waals surface area contributed by atoms with Crippen LogP contribution in [0.5, 0.6) is 5.75 Å². The van der Waals surface area contributed by atoms with Gasteiger partial charge in [0.15, 0.2) is 0 Å². The van der Waals surface area contributed by atoms with Crippen LogP contribution in [-0.4, -0.2) is 18.2 Å². The van der Waals surface area contributed by atoms with Gasteiger partial charge in [0, 0.05) is 0 Å². The van der Waals surface area contributed by atoms with Gasteiger partial charge in [-0.2, -0.15) is 0 Å². The van der Waals surface area contributed by atoms with Crippen molar-refractivity contribution in [1.82, 2.24) is 0 Å². The van der Waals surface area contributed by atoms with Crippen molar-refractivity contribution in [2.75, 3.05) is 7.11 Å². The summed E-state index contributed by atoms with van der Waals surface area (Å²) in [6.07, 6.45) is 0. The number of rotatable bonds is 3. The predicted molar refractivity (Wildman–Crippen MR) is 70.4 cm³/mol. The fourth-order valence-corrected chi connectivity index (χ4v) is 2.03. The molecule has 0 atom stereocenters. The van der Waals surface area contributed by atoms with E-state index in [2.05, 4.69) is 0 Å². The molecular weight excluding hydrogens is 271 g/mol. The van der Waals surface area contributed by atoms with Crippen molar-refractivity contribution < 1.29 is 19.0 Å². The third-order valence-corrected chi connectivity index (χ3v) is 2.97. The highest BCUT2D eigenvalue weighted by Crippen LogP contribution is 2.32. The van der Waals surface area contributed by atoms with Gasteiger partial charge in [-0.3, -0.25) is 0 Å². The Balaban J connectivity index is 2.61. The van der Waals surface area contributed by atoms with Crippen molar-refractivity contribution in [1.29, 1.82) is 0 Å². The van der Waals surface area contributed by atoms with Crippen LogP contribution in [0.15, 0.2) is 36.4 Å². The number of hydrogen-bond acceptors (Lipinski definition) is 2. The van der Waals surface area contributed by atoms with Gasteiger partial charge in [0.25, 0.3) is 0 Å². The van der Waals surface area contributed by atoms with Crippen LogP contribution in [0.3, 0.4) is 0 Å². The Morgan fingerprint density at radius 2 is 2.00 bits per heavy atom. The average Bonchev–Trinajstić information content (AvgIpc) is 2.38. The van der Waals surface area contributed by atoms with E-state index in [-0.39, 0.29) is 11.1 Å². The zero-order valence-electron chi connectivity index (χ0n) is 9.98. The molecule has 0 aliphatic carbocycles. The minimum absolute atomic E-state index is 0.0163. The number of carboxylic acids is 1. The second-order valence-electron chi connectivity index (χ2n) is 3.84. The first-order valence-corrected chi connectivity index (χ1v) is 5.77. The van der Waals surface area contributed by atoms with E-state index >= 15 is 0 Å². The van der Waals surface area contributed by atoms with Gasteiger partial charge in [0.2, 0.25) is 0 Å². The molecule has 2 aromatic carbocycles. The summed E-state index contributed by atoms with van der Waals surface area (Å²) in [5.41, 5.74) is 0.808. The first-order valence-electron chi connectivity index (χ1n) is 5.39. The second kappa shape index (κ2) is 5.28. The van der Waals surface area contributed by atoms with Gasteiger partial charge in [-0.15, -0.1) is 0 Å². The van der Waals surface area contributed by atoms with E-state index in [0.717, 1.165) is 6.07 Å². The lowest BCUT2D eigenvalue weighted by Gasteiger charge is -2.09. The van der Waals surface area contributed by atoms with Crippen molar-refractivity contribution in [2.24, 2.45) is 0 Å². The van der Waals surface area contributed by atoms with E-state index in [9.17, 15) is 9.18 Å². The summed E-state index contributed by atoms with van der Waals surface area (Å²) in [7, 11) is 1.48. The molecule has 5 heteroatoms. The van der Waals surface area contributed by atoms with Gasteiger partial charge in [0.1, 0.15) is 11.6 Å². The van der Waals surface area contributed by atoms with Crippen molar-refractivity contribution in [2.45, 2.75) is 0 Å². The van der Waals surface area contributed by atoms with Crippen LogP contribution in [0.25, 0.3) is 11.1 Å². The maximum Gasteiger partial charge on any atom is 0.336 e. The molecule has 0 amide bonds. The monoisotopic (exact) mass is 280 g/mol. The highest BCUT2D eigenvalue weighted by Gasteiger charge is 2.14. The summed E-state index contributed by atoms with van der Waals surface area (Å²) in [6, 6.07) is 8.28. The Hall–Kier alpha value is -2.07. The minimum atomic E-state index is -1.12. The van der Waals surface area contributed by atoms with Crippen LogP contribution in [0.1, 0.15) is 10.4 Å². The lowest BCUT2D eigenvalue weighted by Crippen LogP contribution is -2.00. The fraction of sp³-hybridized carbons (Fsp3) is 0.0714. The van der Waals surface area contributed by atoms with Crippen LogP contribution in [0.4, 0.5) is 4.39 Å². The Morgan fingerprint density at radius 1 is 1.26 bits per heavy atom. The molecule has 0 spiro atoms. The first kappa shape index (κ1) is 13.4. The Labute approximate surface area is 114 Å². The molecule has 0 aliphatic heterocycles. The number of benzene rings is 2. The van der Waals surface area contributed by atoms with Gasteiger partial charge in [0.05, 0.1) is 17.7 Å². The molecule has 19 heavy (non-hydrogen) atoms. The van der Waals surface area contributed by atoms with Crippen molar-refractivity contribution >= 4 is 17.6 Å². The number of halogens is 2. The maximum atomic E-state index is 13.3. The number of methoxy groups -OCH3 is 1. The molecule has 0 fully saturated rings. The average molecular weight is 281 g/mol. The van der Waals surface area contributed by atoms with Crippen molar-refractivity contribution in [3.8, 4) is 16.9 Å². The molecule has 0 aromatic heterocycles. The summed E-state index contributed by atoms with van der Waals surface area (Å²) in [4.78, 5) is 11.1. The molecule has 0 saturated carbocycles. The van der Waals surface area contributed by atoms with Gasteiger partial charge < -0.3 is 9.84 Å². The second-order valence-corrected chi connectivity index (χ2v) is 4.25. The summed E-state index contributed by atoms with van der Waals surface area (Å²) >= 11 is 5.98. The molecule has 0 heterocycles. The molecule has 0 unspecified atom stereocenters. The number of hydrogen-bond donors (Lipinski definition) is 1. The Morgan fingerprint density at radius 3 is 2.58 bits per heavy atom. The quantitative estimate of drug-likeness (QED) is 0.929. The topological polar surface area (TPSA) is 46.5 Å². The number of aromatic carboxylic acids is 1. The highest BCUT2D eigenvalue weighted by molar-refractivity contribution is 6.32. The molecule has 2 rings (SSSR count). The molecule has 98 valence electrons. The van der Waals surface area contributed by atoms with Crippen LogP contribution in [0, 0.1) is 5.82 Å². The highest BCUT2D eigenvalue weighted by atomic mass is 35.5. The first-order chi connectivity index (χ1) is 9.02. The van der Waals surface area contributed by atoms with E-state index < -0.39 is 11.8 Å². The van der Waals surface area contributed by atoms with Gasteiger partial charge in [-0.1, -0.05) is 17.7 Å². The lowest BCUT2D eigenvalue weighted by molar-refractivity contribution is 0.0697. The standard InChI is InChI=1S/C14H10ClFO3/c1-19-13-5-2-8(6-12(13)15)11-7-9(16)3-4-10(11)14(17)18/h2-7H,1H3,(H,17,18). The Bertz CT molecular complexity index is 641. The zero-order chi connectivity index (χ0) is 14.0. The fourth-order valence-electron chi connectivity index (χ4n) is 1.78. The number of carbonyl (C=O) groups is 1. The largest absolute Gasteiger partial charge is 0.495 e. The van der Waals surface area contributed by atoms with E-state index in [1.54, 1.807) is 18.2 Å². The van der Waals surface area contributed by atoms with Crippen LogP contribution >= 0.6 is 11.6 Å². The number of carboxylic acid groups (broad SMARTS) is 1. The SMILES string of the molecule is COc1ccc(-c2cc(F)ccc2C(=O)O)cc1Cl. The molecule has 0 saturated heterocycles. The summed E-state index contributed by atoms with van der Waals surface area (Å²) in [5, 5.41) is 9.44. The molecule has 0 aliphatic rings. The Kier molecular flexibility index (Phi) is 3.71. The minimum Gasteiger partial charge on any atom is -0.495 e. The van der Waals surface area contributed by atoms with Crippen LogP contribution < -0.4 is 4.74 Å². The molecule has 3 nitrogen and oxygen atoms in total. The predicted octanol–water partition coefficient (Wildman–Crippen LogP) is 3.85. The normalized spacial score (nSPS) is 10.3. The van der Waals surface area contributed by atoms with E-state index in [0.29, 0.717) is 16.3 Å². The lowest BCUT2D eigenvalue weighted by atomic mass is 9.99. The summed E-state index contributed by atoms with van der Waals surface area (Å²) in [5.74, 6) is -1.16. The van der Waals surface area contributed by atoms with E-state index in [1.165, 1.54) is 19.2 Å². The maximum absolute atomic E-state index is 13.3. The van der Waals surface area contributed by atoms with E-state index in [4.69, 9.17) is 21.4 Å². The summed E-state index contributed by atoms with van der Waals surface area (Å²) < 4.78 is 18.3. The van der Waals surface area contributed by atoms with Gasteiger partial charge in [-0.25, -0.2) is 9.18 Å². The smallest absolute Gasteiger partial charge is 0.336 e. The zero-order valence-corrected chi connectivity index (χ0v) is 10.7. The van der Waals surface area contributed by atoms with Gasteiger partial charge in [-0.05, 0) is 41.5 Å². The van der Waals surface area contributed by atoms with Crippen molar-refractivity contribution in [3.63, 3.8) is 0 Å². The summed E-state index contributed by atoms with van der Waals surface area (Å²) in [6.45, 7) is 0. The van der Waals surface area contributed by atoms with Crippen molar-refractivity contribution in [3.05, 3.63) is 52.8 Å².